The smallest absolute Gasteiger partial charge is 0.304 e. The summed E-state index contributed by atoms with van der Waals surface area (Å²) in [6, 6.07) is 0.478. The first-order chi connectivity index (χ1) is 6.02. The van der Waals surface area contributed by atoms with Gasteiger partial charge in [-0.2, -0.15) is 0 Å². The van der Waals surface area contributed by atoms with Crippen LogP contribution in [0.2, 0.25) is 0 Å². The molecule has 2 unspecified atom stereocenters. The van der Waals surface area contributed by atoms with Gasteiger partial charge in [0.1, 0.15) is 0 Å². The van der Waals surface area contributed by atoms with E-state index >= 15 is 0 Å². The van der Waals surface area contributed by atoms with Gasteiger partial charge in [0.25, 0.3) is 0 Å². The number of piperazine rings is 1. The molecule has 1 heterocycles. The van der Waals surface area contributed by atoms with Gasteiger partial charge in [-0.05, 0) is 21.0 Å². The summed E-state index contributed by atoms with van der Waals surface area (Å²) in [5.74, 6) is -0.709. The molecular weight excluding hydrogens is 168 g/mol. The van der Waals surface area contributed by atoms with Crippen LogP contribution in [0, 0.1) is 0 Å². The summed E-state index contributed by atoms with van der Waals surface area (Å²) in [6.45, 7) is 4.07. The summed E-state index contributed by atoms with van der Waals surface area (Å²) in [6.07, 6.45) is 0.238. The number of hydrogen-bond donors (Lipinski definition) is 1. The van der Waals surface area contributed by atoms with Crippen molar-refractivity contribution in [2.45, 2.75) is 25.4 Å². The maximum atomic E-state index is 10.6. The third-order valence-electron chi connectivity index (χ3n) is 3.01. The molecular formula is C9H18N2O2. The standard InChI is InChI=1S/C9H18N2O2/c1-7-8(6-9(12)13)11(3)5-4-10(7)2/h7-8H,4-6H2,1-3H3,(H,12,13). The van der Waals surface area contributed by atoms with E-state index < -0.39 is 5.97 Å². The molecule has 76 valence electrons. The van der Waals surface area contributed by atoms with E-state index in [9.17, 15) is 4.79 Å². The highest BCUT2D eigenvalue weighted by Gasteiger charge is 2.30. The molecule has 4 heteroatoms. The van der Waals surface area contributed by atoms with Crippen molar-refractivity contribution in [2.75, 3.05) is 27.2 Å². The molecule has 0 spiro atoms. The number of aliphatic carboxylic acids is 1. The first kappa shape index (κ1) is 10.5. The number of hydrogen-bond acceptors (Lipinski definition) is 3. The molecule has 1 N–H and O–H groups in total. The summed E-state index contributed by atoms with van der Waals surface area (Å²) in [5, 5.41) is 8.74. The molecule has 0 aromatic rings. The summed E-state index contributed by atoms with van der Waals surface area (Å²) in [4.78, 5) is 15.0. The van der Waals surface area contributed by atoms with Gasteiger partial charge in [0.2, 0.25) is 0 Å². The molecule has 0 aliphatic carbocycles. The molecule has 0 bridgehead atoms. The summed E-state index contributed by atoms with van der Waals surface area (Å²) in [7, 11) is 4.05. The Hall–Kier alpha value is -0.610. The van der Waals surface area contributed by atoms with Gasteiger partial charge in [0, 0.05) is 25.2 Å². The van der Waals surface area contributed by atoms with E-state index in [-0.39, 0.29) is 12.5 Å². The van der Waals surface area contributed by atoms with Crippen LogP contribution in [0.5, 0.6) is 0 Å². The molecule has 1 aliphatic rings. The van der Waals surface area contributed by atoms with Gasteiger partial charge in [-0.1, -0.05) is 0 Å². The highest BCUT2D eigenvalue weighted by molar-refractivity contribution is 5.67. The Morgan fingerprint density at radius 3 is 2.46 bits per heavy atom. The van der Waals surface area contributed by atoms with Crippen molar-refractivity contribution in [3.8, 4) is 0 Å². The van der Waals surface area contributed by atoms with Crippen molar-refractivity contribution in [3.63, 3.8) is 0 Å². The molecule has 0 radical (unpaired) electrons. The van der Waals surface area contributed by atoms with E-state index in [2.05, 4.69) is 16.7 Å². The van der Waals surface area contributed by atoms with Crippen molar-refractivity contribution in [2.24, 2.45) is 0 Å². The molecule has 13 heavy (non-hydrogen) atoms. The van der Waals surface area contributed by atoms with Crippen LogP contribution in [0.25, 0.3) is 0 Å². The van der Waals surface area contributed by atoms with Gasteiger partial charge >= 0.3 is 5.97 Å². The SMILES string of the molecule is CC1C(CC(=O)O)N(C)CCN1C. The number of rotatable bonds is 2. The lowest BCUT2D eigenvalue weighted by atomic mass is 10.0. The molecule has 0 amide bonds. The monoisotopic (exact) mass is 186 g/mol. The van der Waals surface area contributed by atoms with Crippen LogP contribution >= 0.6 is 0 Å². The number of nitrogens with zero attached hydrogens (tertiary/aromatic N) is 2. The van der Waals surface area contributed by atoms with E-state index in [1.165, 1.54) is 0 Å². The van der Waals surface area contributed by atoms with Crippen LogP contribution < -0.4 is 0 Å². The van der Waals surface area contributed by atoms with Crippen LogP contribution in [-0.2, 0) is 4.79 Å². The molecule has 0 saturated carbocycles. The number of likely N-dealkylation sites (N-methyl/N-ethyl adjacent to an activating group) is 2. The molecule has 0 aromatic heterocycles. The van der Waals surface area contributed by atoms with Gasteiger partial charge in [0.05, 0.1) is 6.42 Å². The number of carboxylic acids is 1. The lowest BCUT2D eigenvalue weighted by Gasteiger charge is -2.42. The minimum Gasteiger partial charge on any atom is -0.481 e. The van der Waals surface area contributed by atoms with Gasteiger partial charge in [0.15, 0.2) is 0 Å². The van der Waals surface area contributed by atoms with Crippen molar-refractivity contribution in [1.82, 2.24) is 9.80 Å². The zero-order chi connectivity index (χ0) is 10.0. The zero-order valence-corrected chi connectivity index (χ0v) is 8.53. The average molecular weight is 186 g/mol. The van der Waals surface area contributed by atoms with E-state index in [0.29, 0.717) is 6.04 Å². The fourth-order valence-electron chi connectivity index (χ4n) is 1.85. The Bertz CT molecular complexity index is 196. The molecule has 4 nitrogen and oxygen atoms in total. The topological polar surface area (TPSA) is 43.8 Å². The fourth-order valence-corrected chi connectivity index (χ4v) is 1.85. The van der Waals surface area contributed by atoms with Crippen molar-refractivity contribution < 1.29 is 9.90 Å². The highest BCUT2D eigenvalue weighted by Crippen LogP contribution is 2.16. The zero-order valence-electron chi connectivity index (χ0n) is 8.53. The second-order valence-electron chi connectivity index (χ2n) is 3.87. The lowest BCUT2D eigenvalue weighted by molar-refractivity contribution is -0.139. The maximum Gasteiger partial charge on any atom is 0.304 e. The Labute approximate surface area is 79.1 Å². The third-order valence-corrected chi connectivity index (χ3v) is 3.01. The molecule has 0 aromatic carbocycles. The van der Waals surface area contributed by atoms with Crippen molar-refractivity contribution >= 4 is 5.97 Å². The van der Waals surface area contributed by atoms with E-state index in [1.807, 2.05) is 14.1 Å². The average Bonchev–Trinajstić information content (AvgIpc) is 2.05. The summed E-state index contributed by atoms with van der Waals surface area (Å²) >= 11 is 0. The summed E-state index contributed by atoms with van der Waals surface area (Å²) < 4.78 is 0. The Morgan fingerprint density at radius 1 is 1.38 bits per heavy atom. The second kappa shape index (κ2) is 4.07. The van der Waals surface area contributed by atoms with Crippen LogP contribution in [0.3, 0.4) is 0 Å². The Kier molecular flexibility index (Phi) is 3.27. The van der Waals surface area contributed by atoms with Crippen LogP contribution in [0.15, 0.2) is 0 Å². The van der Waals surface area contributed by atoms with Crippen molar-refractivity contribution in [1.29, 1.82) is 0 Å². The predicted molar refractivity (Wildman–Crippen MR) is 50.8 cm³/mol. The lowest BCUT2D eigenvalue weighted by Crippen LogP contribution is -2.56. The Balaban J connectivity index is 2.60. The second-order valence-corrected chi connectivity index (χ2v) is 3.87. The molecule has 1 aliphatic heterocycles. The van der Waals surface area contributed by atoms with Crippen LogP contribution in [0.1, 0.15) is 13.3 Å². The first-order valence-electron chi connectivity index (χ1n) is 4.64. The Morgan fingerprint density at radius 2 is 1.92 bits per heavy atom. The predicted octanol–water partition coefficient (Wildman–Crippen LogP) is 0.0954. The number of carbonyl (C=O) groups is 1. The minimum atomic E-state index is -0.709. The molecule has 1 rings (SSSR count). The van der Waals surface area contributed by atoms with E-state index in [0.717, 1.165) is 13.1 Å². The summed E-state index contributed by atoms with van der Waals surface area (Å²) in [5.41, 5.74) is 0. The van der Waals surface area contributed by atoms with Crippen LogP contribution in [0.4, 0.5) is 0 Å². The first-order valence-corrected chi connectivity index (χ1v) is 4.64. The van der Waals surface area contributed by atoms with Crippen LogP contribution in [-0.4, -0.2) is 60.1 Å². The minimum absolute atomic E-state index is 0.149. The maximum absolute atomic E-state index is 10.6. The van der Waals surface area contributed by atoms with Crippen molar-refractivity contribution in [3.05, 3.63) is 0 Å². The quantitative estimate of drug-likeness (QED) is 0.664. The fraction of sp³-hybridized carbons (Fsp3) is 0.889. The van der Waals surface area contributed by atoms with Gasteiger partial charge in [-0.25, -0.2) is 0 Å². The molecule has 1 fully saturated rings. The normalized spacial score (nSPS) is 31.9. The third kappa shape index (κ3) is 2.42. The molecule has 2 atom stereocenters. The van der Waals surface area contributed by atoms with Gasteiger partial charge in [-0.15, -0.1) is 0 Å². The highest BCUT2D eigenvalue weighted by atomic mass is 16.4. The van der Waals surface area contributed by atoms with Gasteiger partial charge in [-0.3, -0.25) is 4.79 Å². The largest absolute Gasteiger partial charge is 0.481 e. The van der Waals surface area contributed by atoms with E-state index in [1.54, 1.807) is 0 Å². The number of carboxylic acid groups (broad SMARTS) is 1. The van der Waals surface area contributed by atoms with Gasteiger partial charge < -0.3 is 14.9 Å². The van der Waals surface area contributed by atoms with E-state index in [4.69, 9.17) is 5.11 Å². The molecule has 1 saturated heterocycles.